The van der Waals surface area contributed by atoms with E-state index in [2.05, 4.69) is 20.8 Å². The number of piperidine rings is 1. The van der Waals surface area contributed by atoms with Gasteiger partial charge in [0.05, 0.1) is 15.8 Å². The summed E-state index contributed by atoms with van der Waals surface area (Å²) in [4.78, 5) is 12.9. The van der Waals surface area contributed by atoms with Crippen LogP contribution in [-0.2, 0) is 4.79 Å². The number of nitrogens with two attached hydrogens (primary N) is 2. The third kappa shape index (κ3) is 3.37. The number of hydrogen-bond donors (Lipinski definition) is 2. The summed E-state index contributed by atoms with van der Waals surface area (Å²) in [7, 11) is 0. The first-order valence-corrected chi connectivity index (χ1v) is 7.04. The van der Waals surface area contributed by atoms with E-state index in [1.165, 1.54) is 6.07 Å². The summed E-state index contributed by atoms with van der Waals surface area (Å²) in [6.07, 6.45) is 2.18. The topological polar surface area (TPSA) is 72.4 Å². The van der Waals surface area contributed by atoms with Gasteiger partial charge in [-0.25, -0.2) is 4.39 Å². The molecule has 0 unspecified atom stereocenters. The minimum Gasteiger partial charge on any atom is -0.397 e. The van der Waals surface area contributed by atoms with Crippen molar-refractivity contribution in [3.63, 3.8) is 0 Å². The lowest BCUT2D eigenvalue weighted by Gasteiger charge is -2.34. The molecule has 19 heavy (non-hydrogen) atoms. The highest BCUT2D eigenvalue weighted by Crippen LogP contribution is 2.32. The third-order valence-electron chi connectivity index (χ3n) is 3.51. The van der Waals surface area contributed by atoms with Crippen LogP contribution in [0.15, 0.2) is 16.6 Å². The van der Waals surface area contributed by atoms with Crippen LogP contribution in [0.1, 0.15) is 19.3 Å². The van der Waals surface area contributed by atoms with Crippen LogP contribution >= 0.6 is 15.9 Å². The maximum Gasteiger partial charge on any atom is 0.217 e. The molecule has 1 fully saturated rings. The van der Waals surface area contributed by atoms with Gasteiger partial charge in [0.25, 0.3) is 0 Å². The van der Waals surface area contributed by atoms with Gasteiger partial charge >= 0.3 is 0 Å². The van der Waals surface area contributed by atoms with E-state index in [0.717, 1.165) is 31.6 Å². The Labute approximate surface area is 120 Å². The van der Waals surface area contributed by atoms with E-state index in [9.17, 15) is 9.18 Å². The Morgan fingerprint density at radius 3 is 2.63 bits per heavy atom. The monoisotopic (exact) mass is 329 g/mol. The third-order valence-corrected chi connectivity index (χ3v) is 4.12. The van der Waals surface area contributed by atoms with Crippen LogP contribution in [0.5, 0.6) is 0 Å². The minimum absolute atomic E-state index is 0.257. The number of anilines is 2. The summed E-state index contributed by atoms with van der Waals surface area (Å²) in [6, 6.07) is 3.04. The zero-order valence-corrected chi connectivity index (χ0v) is 12.1. The van der Waals surface area contributed by atoms with Crippen molar-refractivity contribution in [1.29, 1.82) is 0 Å². The van der Waals surface area contributed by atoms with Crippen LogP contribution in [0.3, 0.4) is 0 Å². The highest BCUT2D eigenvalue weighted by molar-refractivity contribution is 9.10. The lowest BCUT2D eigenvalue weighted by Crippen LogP contribution is -2.35. The molecule has 0 aliphatic carbocycles. The van der Waals surface area contributed by atoms with Gasteiger partial charge in [0.15, 0.2) is 0 Å². The Morgan fingerprint density at radius 2 is 2.05 bits per heavy atom. The average molecular weight is 330 g/mol. The van der Waals surface area contributed by atoms with Gasteiger partial charge in [-0.1, -0.05) is 0 Å². The maximum atomic E-state index is 13.6. The molecule has 4 nitrogen and oxygen atoms in total. The van der Waals surface area contributed by atoms with Crippen molar-refractivity contribution in [2.24, 2.45) is 11.7 Å². The number of carbonyl (C=O) groups is 1. The summed E-state index contributed by atoms with van der Waals surface area (Å²) < 4.78 is 13.9. The van der Waals surface area contributed by atoms with Crippen molar-refractivity contribution >= 4 is 33.2 Å². The molecule has 0 spiro atoms. The number of carbonyl (C=O) groups excluding carboxylic acids is 1. The molecule has 6 heteroatoms. The lowest BCUT2D eigenvalue weighted by atomic mass is 9.93. The number of halogens is 2. The van der Waals surface area contributed by atoms with Crippen molar-refractivity contribution in [2.75, 3.05) is 23.7 Å². The van der Waals surface area contributed by atoms with Crippen molar-refractivity contribution < 1.29 is 9.18 Å². The molecule has 1 aromatic carbocycles. The zero-order valence-electron chi connectivity index (χ0n) is 10.5. The maximum absolute atomic E-state index is 13.6. The van der Waals surface area contributed by atoms with Crippen molar-refractivity contribution in [2.45, 2.75) is 19.3 Å². The first kappa shape index (κ1) is 14.1. The van der Waals surface area contributed by atoms with Crippen LogP contribution in [0.25, 0.3) is 0 Å². The zero-order chi connectivity index (χ0) is 14.0. The van der Waals surface area contributed by atoms with Crippen LogP contribution in [0.2, 0.25) is 0 Å². The van der Waals surface area contributed by atoms with E-state index in [1.807, 2.05) is 0 Å². The molecule has 0 bridgehead atoms. The lowest BCUT2D eigenvalue weighted by molar-refractivity contribution is -0.119. The molecule has 0 radical (unpaired) electrons. The molecule has 2 rings (SSSR count). The van der Waals surface area contributed by atoms with Gasteiger partial charge in [-0.3, -0.25) is 4.79 Å². The molecule has 0 atom stereocenters. The van der Waals surface area contributed by atoms with E-state index in [4.69, 9.17) is 11.5 Å². The number of nitrogens with zero attached hydrogens (tertiary/aromatic N) is 1. The molecule has 1 aliphatic rings. The molecule has 1 aromatic rings. The van der Waals surface area contributed by atoms with Crippen LogP contribution in [0, 0.1) is 11.7 Å². The Hall–Kier alpha value is -1.30. The molecule has 0 aromatic heterocycles. The molecule has 1 aliphatic heterocycles. The summed E-state index contributed by atoms with van der Waals surface area (Å²) in [5, 5.41) is 0. The Bertz CT molecular complexity index is 487. The van der Waals surface area contributed by atoms with Gasteiger partial charge in [0, 0.05) is 25.6 Å². The minimum atomic E-state index is -0.316. The molecule has 0 saturated carbocycles. The molecule has 4 N–H and O–H groups in total. The molecular weight excluding hydrogens is 313 g/mol. The Morgan fingerprint density at radius 1 is 1.42 bits per heavy atom. The summed E-state index contributed by atoms with van der Waals surface area (Å²) >= 11 is 3.12. The van der Waals surface area contributed by atoms with Gasteiger partial charge in [-0.05, 0) is 40.8 Å². The SMILES string of the molecule is NC(=O)CC1CCN(c2cc(F)c(Br)cc2N)CC1. The molecule has 104 valence electrons. The van der Waals surface area contributed by atoms with Gasteiger partial charge in [-0.2, -0.15) is 0 Å². The molecular formula is C13H17BrFN3O. The fraction of sp³-hybridized carbons (Fsp3) is 0.462. The Balaban J connectivity index is 2.05. The number of nitrogen functional groups attached to an aromatic ring is 1. The first-order chi connectivity index (χ1) is 8.97. The average Bonchev–Trinajstić information content (AvgIpc) is 2.34. The van der Waals surface area contributed by atoms with Gasteiger partial charge < -0.3 is 16.4 Å². The second-order valence-corrected chi connectivity index (χ2v) is 5.78. The largest absolute Gasteiger partial charge is 0.397 e. The van der Waals surface area contributed by atoms with Crippen LogP contribution < -0.4 is 16.4 Å². The number of rotatable bonds is 3. The van der Waals surface area contributed by atoms with Crippen LogP contribution in [0.4, 0.5) is 15.8 Å². The number of amides is 1. The van der Waals surface area contributed by atoms with Gasteiger partial charge in [-0.15, -0.1) is 0 Å². The number of hydrogen-bond acceptors (Lipinski definition) is 3. The second-order valence-electron chi connectivity index (χ2n) is 4.93. The van der Waals surface area contributed by atoms with Gasteiger partial charge in [0.2, 0.25) is 5.91 Å². The second kappa shape index (κ2) is 5.77. The smallest absolute Gasteiger partial charge is 0.217 e. The van der Waals surface area contributed by atoms with Crippen LogP contribution in [-0.4, -0.2) is 19.0 Å². The van der Waals surface area contributed by atoms with Crippen molar-refractivity contribution in [3.05, 3.63) is 22.4 Å². The molecule has 1 amide bonds. The van der Waals surface area contributed by atoms with E-state index in [0.29, 0.717) is 22.5 Å². The van der Waals surface area contributed by atoms with Crippen molar-refractivity contribution in [1.82, 2.24) is 0 Å². The summed E-state index contributed by atoms with van der Waals surface area (Å²) in [5.74, 6) is -0.244. The van der Waals surface area contributed by atoms with E-state index >= 15 is 0 Å². The number of primary amides is 1. The Kier molecular flexibility index (Phi) is 4.29. The standard InChI is InChI=1S/C13H17BrFN3O/c14-9-6-11(16)12(7-10(9)15)18-3-1-8(2-4-18)5-13(17)19/h6-8H,1-5,16H2,(H2,17,19). The predicted molar refractivity (Wildman–Crippen MR) is 77.3 cm³/mol. The predicted octanol–water partition coefficient (Wildman–Crippen LogP) is 2.26. The first-order valence-electron chi connectivity index (χ1n) is 6.25. The molecule has 1 heterocycles. The highest BCUT2D eigenvalue weighted by atomic mass is 79.9. The number of benzene rings is 1. The summed E-state index contributed by atoms with van der Waals surface area (Å²) in [6.45, 7) is 1.53. The normalized spacial score (nSPS) is 16.6. The van der Waals surface area contributed by atoms with E-state index in [1.54, 1.807) is 6.07 Å². The highest BCUT2D eigenvalue weighted by Gasteiger charge is 2.22. The molecule has 1 saturated heterocycles. The van der Waals surface area contributed by atoms with Gasteiger partial charge in [0.1, 0.15) is 5.82 Å². The fourth-order valence-corrected chi connectivity index (χ4v) is 2.85. The quantitative estimate of drug-likeness (QED) is 0.835. The van der Waals surface area contributed by atoms with E-state index < -0.39 is 0 Å². The van der Waals surface area contributed by atoms with Crippen molar-refractivity contribution in [3.8, 4) is 0 Å². The summed E-state index contributed by atoms with van der Waals surface area (Å²) in [5.41, 5.74) is 12.4. The fourth-order valence-electron chi connectivity index (χ4n) is 2.49. The van der Waals surface area contributed by atoms with E-state index in [-0.39, 0.29) is 11.7 Å².